The third-order valence-electron chi connectivity index (χ3n) is 5.54. The van der Waals surface area contributed by atoms with E-state index in [0.29, 0.717) is 10.0 Å². The fraction of sp³-hybridized carbons (Fsp3) is 0.0833. The molecule has 3 aromatic rings. The van der Waals surface area contributed by atoms with E-state index in [1.54, 1.807) is 12.1 Å². The summed E-state index contributed by atoms with van der Waals surface area (Å²) in [7, 11) is 0. The summed E-state index contributed by atoms with van der Waals surface area (Å²) < 4.78 is 0. The SMILES string of the molecule is Cc1ccc(C(=O)CN(C(=O)c2ccc([N+](=O)[O-])cc2)N2C(=O)c3cccc([N+](=O)[O-])c3C2=O)cc1. The molecule has 0 aliphatic carbocycles. The third kappa shape index (κ3) is 4.18. The van der Waals surface area contributed by atoms with E-state index in [2.05, 4.69) is 0 Å². The van der Waals surface area contributed by atoms with Gasteiger partial charge in [-0.3, -0.25) is 39.4 Å². The first kappa shape index (κ1) is 23.9. The predicted octanol–water partition coefficient (Wildman–Crippen LogP) is 3.35. The molecule has 12 nitrogen and oxygen atoms in total. The largest absolute Gasteiger partial charge is 0.292 e. The van der Waals surface area contributed by atoms with E-state index in [9.17, 15) is 39.4 Å². The third-order valence-corrected chi connectivity index (χ3v) is 5.54. The Kier molecular flexibility index (Phi) is 6.09. The summed E-state index contributed by atoms with van der Waals surface area (Å²) in [5.74, 6) is -3.77. The fourth-order valence-electron chi connectivity index (χ4n) is 3.70. The van der Waals surface area contributed by atoms with Crippen LogP contribution in [0.3, 0.4) is 0 Å². The maximum absolute atomic E-state index is 13.4. The van der Waals surface area contributed by atoms with Gasteiger partial charge in [0.15, 0.2) is 5.78 Å². The Morgan fingerprint density at radius 2 is 1.44 bits per heavy atom. The predicted molar refractivity (Wildman–Crippen MR) is 123 cm³/mol. The Labute approximate surface area is 202 Å². The number of fused-ring (bicyclic) bond motifs is 1. The summed E-state index contributed by atoms with van der Waals surface area (Å²) in [4.78, 5) is 73.7. The zero-order valence-corrected chi connectivity index (χ0v) is 18.6. The maximum Gasteiger partial charge on any atom is 0.287 e. The summed E-state index contributed by atoms with van der Waals surface area (Å²) in [6.07, 6.45) is 0. The number of nitro benzene ring substituents is 2. The molecule has 180 valence electrons. The molecule has 0 N–H and O–H groups in total. The van der Waals surface area contributed by atoms with Crippen LogP contribution < -0.4 is 0 Å². The van der Waals surface area contributed by atoms with E-state index in [-0.39, 0.29) is 22.4 Å². The normalized spacial score (nSPS) is 12.3. The van der Waals surface area contributed by atoms with Crippen molar-refractivity contribution in [3.8, 4) is 0 Å². The number of nitrogens with zero attached hydrogens (tertiary/aromatic N) is 4. The second-order valence-corrected chi connectivity index (χ2v) is 7.83. The van der Waals surface area contributed by atoms with Crippen LogP contribution in [0.5, 0.6) is 0 Å². The first-order valence-corrected chi connectivity index (χ1v) is 10.4. The van der Waals surface area contributed by atoms with E-state index < -0.39 is 51.1 Å². The Morgan fingerprint density at radius 1 is 0.833 bits per heavy atom. The van der Waals surface area contributed by atoms with Gasteiger partial charge in [-0.25, -0.2) is 5.01 Å². The van der Waals surface area contributed by atoms with E-state index in [4.69, 9.17) is 0 Å². The highest BCUT2D eigenvalue weighted by Gasteiger charge is 2.46. The summed E-state index contributed by atoms with van der Waals surface area (Å²) in [5, 5.41) is 23.4. The van der Waals surface area contributed by atoms with E-state index >= 15 is 0 Å². The van der Waals surface area contributed by atoms with Crippen molar-refractivity contribution >= 4 is 34.9 Å². The van der Waals surface area contributed by atoms with Crippen LogP contribution >= 0.6 is 0 Å². The van der Waals surface area contributed by atoms with Crippen molar-refractivity contribution in [3.63, 3.8) is 0 Å². The minimum Gasteiger partial charge on any atom is -0.292 e. The number of hydrazine groups is 1. The fourth-order valence-corrected chi connectivity index (χ4v) is 3.70. The van der Waals surface area contributed by atoms with Crippen molar-refractivity contribution < 1.29 is 29.0 Å². The quantitative estimate of drug-likeness (QED) is 0.212. The smallest absolute Gasteiger partial charge is 0.287 e. The molecule has 1 heterocycles. The van der Waals surface area contributed by atoms with Crippen molar-refractivity contribution in [2.45, 2.75) is 6.92 Å². The number of imide groups is 1. The minimum atomic E-state index is -1.14. The number of carbonyl (C=O) groups excluding carboxylic acids is 4. The molecule has 0 aromatic heterocycles. The molecule has 0 saturated heterocycles. The average Bonchev–Trinajstić information content (AvgIpc) is 3.12. The van der Waals surface area contributed by atoms with Crippen molar-refractivity contribution in [1.29, 1.82) is 0 Å². The van der Waals surface area contributed by atoms with Crippen LogP contribution in [0.15, 0.2) is 66.7 Å². The number of amides is 3. The lowest BCUT2D eigenvalue weighted by atomic mass is 10.1. The van der Waals surface area contributed by atoms with Gasteiger partial charge in [0.2, 0.25) is 0 Å². The molecule has 0 unspecified atom stereocenters. The second kappa shape index (κ2) is 9.18. The number of rotatable bonds is 7. The Bertz CT molecular complexity index is 1450. The van der Waals surface area contributed by atoms with Crippen LogP contribution in [0.2, 0.25) is 0 Å². The van der Waals surface area contributed by atoms with Crippen LogP contribution in [0.25, 0.3) is 0 Å². The van der Waals surface area contributed by atoms with Crippen molar-refractivity contribution in [2.24, 2.45) is 0 Å². The minimum absolute atomic E-state index is 0.150. The van der Waals surface area contributed by atoms with Gasteiger partial charge in [0.05, 0.1) is 15.4 Å². The van der Waals surface area contributed by atoms with Gasteiger partial charge >= 0.3 is 0 Å². The lowest BCUT2D eigenvalue weighted by Crippen LogP contribution is -2.51. The Balaban J connectivity index is 1.77. The van der Waals surface area contributed by atoms with Gasteiger partial charge in [-0.1, -0.05) is 35.9 Å². The molecule has 0 radical (unpaired) electrons. The number of carbonyl (C=O) groups is 4. The van der Waals surface area contributed by atoms with Gasteiger partial charge in [-0.2, -0.15) is 5.01 Å². The molecule has 1 aliphatic heterocycles. The Hall–Kier alpha value is -5.26. The number of aryl methyl sites for hydroxylation is 1. The van der Waals surface area contributed by atoms with Gasteiger partial charge in [0.25, 0.3) is 29.1 Å². The number of nitro groups is 2. The molecule has 36 heavy (non-hydrogen) atoms. The monoisotopic (exact) mass is 488 g/mol. The zero-order valence-electron chi connectivity index (χ0n) is 18.6. The van der Waals surface area contributed by atoms with Gasteiger partial charge in [-0.05, 0) is 25.1 Å². The van der Waals surface area contributed by atoms with E-state index in [0.717, 1.165) is 35.9 Å². The molecule has 1 aliphatic rings. The summed E-state index contributed by atoms with van der Waals surface area (Å²) in [6, 6.07) is 14.2. The molecule has 0 atom stereocenters. The zero-order chi connectivity index (χ0) is 26.1. The number of non-ortho nitro benzene ring substituents is 1. The molecule has 0 fully saturated rings. The van der Waals surface area contributed by atoms with E-state index in [1.807, 2.05) is 6.92 Å². The number of Topliss-reactive ketones (excluding diaryl/α,β-unsaturated/α-hetero) is 1. The summed E-state index contributed by atoms with van der Waals surface area (Å²) >= 11 is 0. The number of ketones is 1. The number of hydrogen-bond acceptors (Lipinski definition) is 8. The first-order valence-electron chi connectivity index (χ1n) is 10.4. The van der Waals surface area contributed by atoms with E-state index in [1.165, 1.54) is 24.3 Å². The van der Waals surface area contributed by atoms with Crippen LogP contribution in [0.1, 0.15) is 47.0 Å². The van der Waals surface area contributed by atoms with Gasteiger partial charge < -0.3 is 0 Å². The Morgan fingerprint density at radius 3 is 2.03 bits per heavy atom. The molecule has 3 aromatic carbocycles. The first-order chi connectivity index (χ1) is 17.1. The highest BCUT2D eigenvalue weighted by Crippen LogP contribution is 2.32. The second-order valence-electron chi connectivity index (χ2n) is 7.83. The van der Waals surface area contributed by atoms with Gasteiger partial charge in [0, 0.05) is 29.3 Å². The molecule has 4 rings (SSSR count). The average molecular weight is 488 g/mol. The topological polar surface area (TPSA) is 161 Å². The molecule has 0 spiro atoms. The number of benzene rings is 3. The van der Waals surface area contributed by atoms with Gasteiger partial charge in [0.1, 0.15) is 12.1 Å². The van der Waals surface area contributed by atoms with Crippen LogP contribution in [0.4, 0.5) is 11.4 Å². The highest BCUT2D eigenvalue weighted by molar-refractivity contribution is 6.24. The summed E-state index contributed by atoms with van der Waals surface area (Å²) in [6.45, 7) is 1.06. The molecule has 0 bridgehead atoms. The van der Waals surface area contributed by atoms with Crippen molar-refractivity contribution in [1.82, 2.24) is 10.0 Å². The van der Waals surface area contributed by atoms with Crippen LogP contribution in [0, 0.1) is 27.2 Å². The van der Waals surface area contributed by atoms with Crippen LogP contribution in [-0.4, -0.2) is 49.9 Å². The standard InChI is InChI=1S/C24H16N4O8/c1-14-5-7-15(8-6-14)20(29)13-25(22(30)16-9-11-17(12-10-16)27(33)34)26-23(31)18-3-2-4-19(28(35)36)21(18)24(26)32/h2-12H,13H2,1H3. The number of hydrogen-bond donors (Lipinski definition) is 0. The maximum atomic E-state index is 13.4. The highest BCUT2D eigenvalue weighted by atomic mass is 16.6. The molecular weight excluding hydrogens is 472 g/mol. The van der Waals surface area contributed by atoms with Crippen molar-refractivity contribution in [3.05, 3.63) is 115 Å². The molecule has 12 heteroatoms. The molecule has 3 amide bonds. The lowest BCUT2D eigenvalue weighted by Gasteiger charge is -2.29. The van der Waals surface area contributed by atoms with Gasteiger partial charge in [-0.15, -0.1) is 0 Å². The molecular formula is C24H16N4O8. The summed E-state index contributed by atoms with van der Waals surface area (Å²) in [5.41, 5.74) is -0.799. The van der Waals surface area contributed by atoms with Crippen LogP contribution in [-0.2, 0) is 0 Å². The lowest BCUT2D eigenvalue weighted by molar-refractivity contribution is -0.385. The van der Waals surface area contributed by atoms with Crippen molar-refractivity contribution in [2.75, 3.05) is 6.54 Å². The molecule has 0 saturated carbocycles.